The predicted octanol–water partition coefficient (Wildman–Crippen LogP) is -3.09. The molecule has 1 aromatic rings. The van der Waals surface area contributed by atoms with Crippen LogP contribution in [0.5, 0.6) is 0 Å². The van der Waals surface area contributed by atoms with Crippen LogP contribution in [0, 0.1) is 17.0 Å². The van der Waals surface area contributed by atoms with Crippen molar-refractivity contribution >= 4 is 23.4 Å². The second-order valence-electron chi connectivity index (χ2n) is 7.00. The van der Waals surface area contributed by atoms with Gasteiger partial charge in [-0.1, -0.05) is 4.98 Å². The van der Waals surface area contributed by atoms with Gasteiger partial charge in [-0.25, -0.2) is 4.79 Å². The van der Waals surface area contributed by atoms with Crippen molar-refractivity contribution in [3.05, 3.63) is 22.0 Å². The minimum atomic E-state index is -2.12. The van der Waals surface area contributed by atoms with E-state index >= 15 is 0 Å². The van der Waals surface area contributed by atoms with E-state index in [9.17, 15) is 44.9 Å². The summed E-state index contributed by atoms with van der Waals surface area (Å²) in [6.07, 6.45) is 1.19. The number of aliphatic hydroxyl groups is 4. The summed E-state index contributed by atoms with van der Waals surface area (Å²) < 4.78 is 0.435. The van der Waals surface area contributed by atoms with Gasteiger partial charge in [-0.05, 0) is 38.3 Å². The Morgan fingerprint density at radius 1 is 1.06 bits per heavy atom. The lowest BCUT2D eigenvalue weighted by Gasteiger charge is -2.30. The summed E-state index contributed by atoms with van der Waals surface area (Å²) >= 11 is 0. The van der Waals surface area contributed by atoms with Gasteiger partial charge in [-0.15, -0.1) is 0 Å². The normalized spacial score (nSPS) is 12.1. The van der Waals surface area contributed by atoms with E-state index in [0.29, 0.717) is 4.57 Å². The van der Waals surface area contributed by atoms with E-state index in [0.717, 1.165) is 6.20 Å². The molecule has 0 aliphatic carbocycles. The summed E-state index contributed by atoms with van der Waals surface area (Å²) in [7, 11) is 0. The molecule has 0 radical (unpaired) electrons. The lowest BCUT2D eigenvalue weighted by atomic mass is 9.94. The molecule has 0 saturated heterocycles. The van der Waals surface area contributed by atoms with Crippen molar-refractivity contribution in [1.82, 2.24) is 20.2 Å². The molecule has 0 saturated carbocycles. The SMILES string of the molecule is CC(=O)C(CO)(CO)NCCCNC(CO)(CO)C(=O)C(=O)n1cc(C)nc1[N+](=O)[O-]. The first kappa shape index (κ1) is 26.4. The molecule has 14 nitrogen and oxygen atoms in total. The monoisotopic (exact) mass is 445 g/mol. The Bertz CT molecular complexity index is 815. The Labute approximate surface area is 177 Å². The highest BCUT2D eigenvalue weighted by atomic mass is 16.6. The Hall–Kier alpha value is -2.62. The number of carbonyl (C=O) groups is 3. The van der Waals surface area contributed by atoms with Crippen molar-refractivity contribution in [3.63, 3.8) is 0 Å². The number of aromatic nitrogens is 2. The van der Waals surface area contributed by atoms with Crippen molar-refractivity contribution in [3.8, 4) is 0 Å². The number of hydrogen-bond acceptors (Lipinski definition) is 12. The van der Waals surface area contributed by atoms with E-state index < -0.39 is 65.9 Å². The second-order valence-corrected chi connectivity index (χ2v) is 7.00. The van der Waals surface area contributed by atoms with E-state index in [1.807, 2.05) is 0 Å². The molecule has 0 atom stereocenters. The van der Waals surface area contributed by atoms with Crippen LogP contribution in [0.1, 0.15) is 23.8 Å². The largest absolute Gasteiger partial charge is 0.442 e. The van der Waals surface area contributed by atoms with Gasteiger partial charge in [-0.2, -0.15) is 4.57 Å². The third-order valence-electron chi connectivity index (χ3n) is 4.85. The molecule has 0 aliphatic heterocycles. The van der Waals surface area contributed by atoms with Crippen LogP contribution in [0.3, 0.4) is 0 Å². The van der Waals surface area contributed by atoms with E-state index in [-0.39, 0.29) is 25.2 Å². The molecule has 14 heteroatoms. The minimum Gasteiger partial charge on any atom is -0.394 e. The Balaban J connectivity index is 2.88. The summed E-state index contributed by atoms with van der Waals surface area (Å²) in [4.78, 5) is 50.5. The minimum absolute atomic E-state index is 0.0387. The molecule has 0 unspecified atom stereocenters. The fourth-order valence-electron chi connectivity index (χ4n) is 2.72. The van der Waals surface area contributed by atoms with Gasteiger partial charge in [0.15, 0.2) is 5.78 Å². The van der Waals surface area contributed by atoms with Crippen LogP contribution in [0.25, 0.3) is 0 Å². The number of nitrogens with one attached hydrogen (secondary N) is 2. The third-order valence-corrected chi connectivity index (χ3v) is 4.85. The molecule has 0 aromatic carbocycles. The average Bonchev–Trinajstić information content (AvgIpc) is 3.15. The van der Waals surface area contributed by atoms with Gasteiger partial charge in [0.05, 0.1) is 26.4 Å². The molecule has 0 bridgehead atoms. The standard InChI is InChI=1S/C17H27N5O9/c1-11-6-21(15(20-11)22(30)31)14(29)13(28)17(9-25,10-26)19-5-3-4-18-16(7-23,8-24)12(2)27/h6,18-19,23-26H,3-5,7-10H2,1-2H3. The van der Waals surface area contributed by atoms with E-state index in [2.05, 4.69) is 15.6 Å². The van der Waals surface area contributed by atoms with Crippen molar-refractivity contribution in [2.45, 2.75) is 31.3 Å². The highest BCUT2D eigenvalue weighted by molar-refractivity contribution is 6.40. The van der Waals surface area contributed by atoms with Crippen molar-refractivity contribution in [2.24, 2.45) is 0 Å². The summed E-state index contributed by atoms with van der Waals surface area (Å²) in [6.45, 7) is -0.600. The van der Waals surface area contributed by atoms with Crippen LogP contribution in [0.15, 0.2) is 6.20 Å². The molecule has 174 valence electrons. The zero-order chi connectivity index (χ0) is 23.8. The number of ketones is 2. The molecule has 1 rings (SSSR count). The summed E-state index contributed by atoms with van der Waals surface area (Å²) in [5.74, 6) is -4.03. The molecule has 0 spiro atoms. The maximum absolute atomic E-state index is 12.7. The van der Waals surface area contributed by atoms with Gasteiger partial charge in [0, 0.05) is 0 Å². The Kier molecular flexibility index (Phi) is 9.48. The van der Waals surface area contributed by atoms with E-state index in [1.165, 1.54) is 13.8 Å². The number of nitro groups is 1. The number of rotatable bonds is 14. The molecule has 0 amide bonds. The maximum atomic E-state index is 12.7. The lowest BCUT2D eigenvalue weighted by Crippen LogP contribution is -2.61. The van der Waals surface area contributed by atoms with Gasteiger partial charge in [0.25, 0.3) is 5.78 Å². The van der Waals surface area contributed by atoms with Gasteiger partial charge in [-0.3, -0.25) is 9.59 Å². The summed E-state index contributed by atoms with van der Waals surface area (Å²) in [5, 5.41) is 54.4. The quantitative estimate of drug-likeness (QED) is 0.0727. The Morgan fingerprint density at radius 3 is 1.97 bits per heavy atom. The van der Waals surface area contributed by atoms with Crippen molar-refractivity contribution in [2.75, 3.05) is 39.5 Å². The van der Waals surface area contributed by atoms with Crippen LogP contribution in [0.2, 0.25) is 0 Å². The molecular formula is C17H27N5O9. The van der Waals surface area contributed by atoms with Crippen molar-refractivity contribution < 1.29 is 39.7 Å². The van der Waals surface area contributed by atoms with Crippen LogP contribution in [-0.2, 0) is 9.59 Å². The number of carbonyl (C=O) groups excluding carboxylic acids is 3. The molecule has 0 aliphatic rings. The van der Waals surface area contributed by atoms with Crippen LogP contribution >= 0.6 is 0 Å². The Morgan fingerprint density at radius 2 is 1.55 bits per heavy atom. The average molecular weight is 445 g/mol. The molecular weight excluding hydrogens is 418 g/mol. The number of nitrogens with zero attached hydrogens (tertiary/aromatic N) is 3. The number of aliphatic hydroxyl groups excluding tert-OH is 4. The van der Waals surface area contributed by atoms with Gasteiger partial charge < -0.3 is 41.2 Å². The maximum Gasteiger partial charge on any atom is 0.442 e. The fraction of sp³-hybridized carbons (Fsp3) is 0.647. The molecule has 1 heterocycles. The molecule has 6 N–H and O–H groups in total. The smallest absolute Gasteiger partial charge is 0.394 e. The first-order valence-corrected chi connectivity index (χ1v) is 9.28. The number of hydrogen-bond donors (Lipinski definition) is 6. The van der Waals surface area contributed by atoms with Crippen LogP contribution in [-0.4, -0.2) is 103 Å². The lowest BCUT2D eigenvalue weighted by molar-refractivity contribution is -0.395. The van der Waals surface area contributed by atoms with Crippen molar-refractivity contribution in [1.29, 1.82) is 0 Å². The number of imidazole rings is 1. The van der Waals surface area contributed by atoms with E-state index in [4.69, 9.17) is 0 Å². The van der Waals surface area contributed by atoms with E-state index in [1.54, 1.807) is 0 Å². The number of aryl methyl sites for hydroxylation is 1. The fourth-order valence-corrected chi connectivity index (χ4v) is 2.72. The van der Waals surface area contributed by atoms with Gasteiger partial charge in [0.1, 0.15) is 23.0 Å². The first-order valence-electron chi connectivity index (χ1n) is 9.28. The van der Waals surface area contributed by atoms with Gasteiger partial charge >= 0.3 is 11.9 Å². The molecule has 31 heavy (non-hydrogen) atoms. The van der Waals surface area contributed by atoms with Gasteiger partial charge in [0.2, 0.25) is 0 Å². The van der Waals surface area contributed by atoms with Crippen LogP contribution < -0.4 is 10.6 Å². The third kappa shape index (κ3) is 5.75. The highest BCUT2D eigenvalue weighted by Gasteiger charge is 2.44. The summed E-state index contributed by atoms with van der Waals surface area (Å²) in [5.41, 5.74) is -3.53. The van der Waals surface area contributed by atoms with Crippen LogP contribution in [0.4, 0.5) is 5.95 Å². The summed E-state index contributed by atoms with van der Waals surface area (Å²) in [6, 6.07) is 0. The molecule has 1 aromatic heterocycles. The predicted molar refractivity (Wildman–Crippen MR) is 104 cm³/mol. The highest BCUT2D eigenvalue weighted by Crippen LogP contribution is 2.15. The molecule has 0 fully saturated rings. The topological polar surface area (TPSA) is 217 Å². The zero-order valence-electron chi connectivity index (χ0n) is 17.2. The number of Topliss-reactive ketones (excluding diaryl/α,β-unsaturated/α-hetero) is 2. The zero-order valence-corrected chi connectivity index (χ0v) is 17.2. The second kappa shape index (κ2) is 11.1. The first-order chi connectivity index (χ1) is 14.5.